The highest BCUT2D eigenvalue weighted by Gasteiger charge is 2.20. The lowest BCUT2D eigenvalue weighted by Crippen LogP contribution is -2.45. The van der Waals surface area contributed by atoms with Crippen LogP contribution in [0.1, 0.15) is 476 Å². The molecule has 2 unspecified atom stereocenters. The van der Waals surface area contributed by atoms with Gasteiger partial charge < -0.3 is 20.3 Å². The minimum Gasteiger partial charge on any atom is -0.466 e. The van der Waals surface area contributed by atoms with Crippen LogP contribution in [0.25, 0.3) is 0 Å². The summed E-state index contributed by atoms with van der Waals surface area (Å²) in [7, 11) is 0. The van der Waals surface area contributed by atoms with Crippen molar-refractivity contribution >= 4 is 11.9 Å². The molecule has 0 heterocycles. The number of aliphatic hydroxyl groups is 2. The monoisotopic (exact) mass is 1270 g/mol. The number of aliphatic hydroxyl groups excluding tert-OH is 2. The molecule has 0 aromatic heterocycles. The van der Waals surface area contributed by atoms with E-state index in [1.165, 1.54) is 398 Å². The van der Waals surface area contributed by atoms with Crippen LogP contribution in [0, 0.1) is 0 Å². The summed E-state index contributed by atoms with van der Waals surface area (Å²) in [4.78, 5) is 24.7. The van der Waals surface area contributed by atoms with Crippen molar-refractivity contribution in [3.05, 3.63) is 24.3 Å². The van der Waals surface area contributed by atoms with Gasteiger partial charge in [-0.25, -0.2) is 0 Å². The Morgan fingerprint density at radius 1 is 0.300 bits per heavy atom. The van der Waals surface area contributed by atoms with E-state index in [9.17, 15) is 19.8 Å². The summed E-state index contributed by atoms with van der Waals surface area (Å²) in [5, 5.41) is 23.5. The van der Waals surface area contributed by atoms with Crippen LogP contribution < -0.4 is 5.32 Å². The fourth-order valence-corrected chi connectivity index (χ4v) is 13.4. The molecule has 0 spiro atoms. The van der Waals surface area contributed by atoms with Gasteiger partial charge in [0.15, 0.2) is 0 Å². The molecule has 3 N–H and O–H groups in total. The van der Waals surface area contributed by atoms with Gasteiger partial charge in [-0.1, -0.05) is 411 Å². The van der Waals surface area contributed by atoms with Gasteiger partial charge >= 0.3 is 5.97 Å². The van der Waals surface area contributed by atoms with E-state index in [1.54, 1.807) is 0 Å². The summed E-state index contributed by atoms with van der Waals surface area (Å²) in [5.41, 5.74) is 0. The molecule has 6 heteroatoms. The van der Waals surface area contributed by atoms with Gasteiger partial charge in [-0.2, -0.15) is 0 Å². The first kappa shape index (κ1) is 88.3. The molecule has 0 radical (unpaired) electrons. The Balaban J connectivity index is 3.34. The second-order valence-electron chi connectivity index (χ2n) is 28.8. The van der Waals surface area contributed by atoms with Crippen LogP contribution in [0.15, 0.2) is 24.3 Å². The van der Waals surface area contributed by atoms with Gasteiger partial charge in [-0.15, -0.1) is 0 Å². The average Bonchev–Trinajstić information content (AvgIpc) is 3.60. The first-order valence-electron chi connectivity index (χ1n) is 41.6. The minimum atomic E-state index is -0.663. The predicted octanol–water partition coefficient (Wildman–Crippen LogP) is 27.6. The molecule has 0 fully saturated rings. The molecule has 0 saturated carbocycles. The number of esters is 1. The highest BCUT2D eigenvalue weighted by molar-refractivity contribution is 5.76. The molecule has 6 nitrogen and oxygen atoms in total. The van der Waals surface area contributed by atoms with Crippen LogP contribution in [-0.2, 0) is 14.3 Å². The maximum absolute atomic E-state index is 12.6. The molecule has 0 aliphatic heterocycles. The van der Waals surface area contributed by atoms with E-state index in [0.29, 0.717) is 25.9 Å². The molecule has 534 valence electrons. The quantitative estimate of drug-likeness (QED) is 0.0320. The third-order valence-corrected chi connectivity index (χ3v) is 19.7. The van der Waals surface area contributed by atoms with E-state index in [1.807, 2.05) is 0 Å². The minimum absolute atomic E-state index is 0.0139. The largest absolute Gasteiger partial charge is 0.466 e. The molecular formula is C84H163NO5. The first-order chi connectivity index (χ1) is 44.5. The van der Waals surface area contributed by atoms with Crippen LogP contribution in [0.4, 0.5) is 0 Å². The second-order valence-corrected chi connectivity index (χ2v) is 28.8. The molecular weight excluding hydrogens is 1100 g/mol. The fraction of sp³-hybridized carbons (Fsp3) is 0.929. The van der Waals surface area contributed by atoms with E-state index in [2.05, 4.69) is 43.5 Å². The SMILES string of the molecule is CCCCCCCCC/C=C\CCCCCCCC(=O)OCCCCCCCCCCCCCCCC/C=C\CCCCCCCCCCCCCCCCCCCC(=O)NC(CO)C(O)CCCCCCCCCCCCCCCCCCCCCCCC. The molecule has 1 amide bonds. The van der Waals surface area contributed by atoms with E-state index < -0.39 is 12.1 Å². The summed E-state index contributed by atoms with van der Waals surface area (Å²) in [6.07, 6.45) is 103. The molecule has 0 aliphatic carbocycles. The third-order valence-electron chi connectivity index (χ3n) is 19.7. The standard InChI is InChI=1S/C84H163NO5/c1-3-5-7-9-11-13-15-17-19-21-22-23-39-42-45-48-52-56-60-64-68-72-76-82(87)81(80-86)85-83(88)77-73-69-65-61-57-53-49-46-43-40-37-35-33-31-29-27-25-24-26-28-30-32-34-36-38-41-44-47-51-55-59-63-67-71-75-79-90-84(89)78-74-70-66-62-58-54-50-20-18-16-14-12-10-8-6-4-2/h20,26,28,50,81-82,86-87H,3-19,21-25,27,29-49,51-80H2,1-2H3,(H,85,88)/b28-26-,50-20-. The Morgan fingerprint density at radius 2 is 0.522 bits per heavy atom. The lowest BCUT2D eigenvalue weighted by molar-refractivity contribution is -0.143. The zero-order chi connectivity index (χ0) is 64.9. The summed E-state index contributed by atoms with van der Waals surface area (Å²) in [6.45, 7) is 5.00. The topological polar surface area (TPSA) is 95.9 Å². The highest BCUT2D eigenvalue weighted by atomic mass is 16.5. The van der Waals surface area contributed by atoms with E-state index in [-0.39, 0.29) is 18.5 Å². The number of unbranched alkanes of at least 4 members (excludes halogenated alkanes) is 64. The van der Waals surface area contributed by atoms with E-state index in [0.717, 1.165) is 44.9 Å². The summed E-state index contributed by atoms with van der Waals surface area (Å²) in [6, 6.07) is -0.540. The summed E-state index contributed by atoms with van der Waals surface area (Å²) in [5.74, 6) is -0.0118. The number of hydrogen-bond acceptors (Lipinski definition) is 5. The summed E-state index contributed by atoms with van der Waals surface area (Å²) < 4.78 is 5.50. The van der Waals surface area contributed by atoms with Crippen molar-refractivity contribution in [2.45, 2.75) is 488 Å². The number of hydrogen-bond donors (Lipinski definition) is 3. The van der Waals surface area contributed by atoms with Crippen LogP contribution in [0.5, 0.6) is 0 Å². The predicted molar refractivity (Wildman–Crippen MR) is 398 cm³/mol. The number of ether oxygens (including phenoxy) is 1. The number of carbonyl (C=O) groups excluding carboxylic acids is 2. The highest BCUT2D eigenvalue weighted by Crippen LogP contribution is 2.20. The number of rotatable bonds is 79. The number of amides is 1. The third kappa shape index (κ3) is 75.4. The Hall–Kier alpha value is -1.66. The lowest BCUT2D eigenvalue weighted by atomic mass is 10.0. The van der Waals surface area contributed by atoms with Gasteiger partial charge in [0.1, 0.15) is 0 Å². The van der Waals surface area contributed by atoms with Gasteiger partial charge in [0.05, 0.1) is 25.4 Å². The molecule has 0 aromatic carbocycles. The molecule has 2 atom stereocenters. The normalized spacial score (nSPS) is 12.5. The van der Waals surface area contributed by atoms with Crippen LogP contribution in [0.3, 0.4) is 0 Å². The maximum atomic E-state index is 12.6. The van der Waals surface area contributed by atoms with Crippen molar-refractivity contribution < 1.29 is 24.5 Å². The van der Waals surface area contributed by atoms with Crippen LogP contribution in [-0.4, -0.2) is 47.4 Å². The van der Waals surface area contributed by atoms with Crippen LogP contribution in [0.2, 0.25) is 0 Å². The fourth-order valence-electron chi connectivity index (χ4n) is 13.4. The maximum Gasteiger partial charge on any atom is 0.305 e. The van der Waals surface area contributed by atoms with Gasteiger partial charge in [0, 0.05) is 12.8 Å². The van der Waals surface area contributed by atoms with Crippen molar-refractivity contribution in [2.24, 2.45) is 0 Å². The van der Waals surface area contributed by atoms with Crippen molar-refractivity contribution in [3.63, 3.8) is 0 Å². The Labute approximate surface area is 564 Å². The van der Waals surface area contributed by atoms with Crippen molar-refractivity contribution in [3.8, 4) is 0 Å². The number of carbonyl (C=O) groups is 2. The van der Waals surface area contributed by atoms with Gasteiger partial charge in [0.25, 0.3) is 0 Å². The Morgan fingerprint density at radius 3 is 0.789 bits per heavy atom. The first-order valence-corrected chi connectivity index (χ1v) is 41.6. The molecule has 0 bridgehead atoms. The molecule has 0 aromatic rings. The van der Waals surface area contributed by atoms with Gasteiger partial charge in [-0.05, 0) is 77.0 Å². The molecule has 0 rings (SSSR count). The zero-order valence-corrected chi connectivity index (χ0v) is 61.4. The smallest absolute Gasteiger partial charge is 0.305 e. The van der Waals surface area contributed by atoms with Gasteiger partial charge in [-0.3, -0.25) is 9.59 Å². The average molecular weight is 1270 g/mol. The van der Waals surface area contributed by atoms with Gasteiger partial charge in [0.2, 0.25) is 5.91 Å². The Bertz CT molecular complexity index is 1410. The zero-order valence-electron chi connectivity index (χ0n) is 61.4. The molecule has 0 saturated heterocycles. The Kier molecular flexibility index (Phi) is 78.3. The molecule has 0 aliphatic rings. The number of nitrogens with one attached hydrogen (secondary N) is 1. The van der Waals surface area contributed by atoms with E-state index >= 15 is 0 Å². The van der Waals surface area contributed by atoms with Crippen LogP contribution >= 0.6 is 0 Å². The second kappa shape index (κ2) is 79.8. The lowest BCUT2D eigenvalue weighted by Gasteiger charge is -2.22. The van der Waals surface area contributed by atoms with Crippen molar-refractivity contribution in [1.82, 2.24) is 5.32 Å². The van der Waals surface area contributed by atoms with Crippen molar-refractivity contribution in [1.29, 1.82) is 0 Å². The summed E-state index contributed by atoms with van der Waals surface area (Å²) >= 11 is 0. The number of allylic oxidation sites excluding steroid dienone is 4. The van der Waals surface area contributed by atoms with E-state index in [4.69, 9.17) is 4.74 Å². The van der Waals surface area contributed by atoms with Crippen molar-refractivity contribution in [2.75, 3.05) is 13.2 Å². The molecule has 90 heavy (non-hydrogen) atoms.